The molecule has 0 bridgehead atoms. The van der Waals surface area contributed by atoms with Crippen molar-refractivity contribution in [2.45, 2.75) is 38.0 Å². The van der Waals surface area contributed by atoms with Crippen LogP contribution >= 0.6 is 23.2 Å². The Balaban J connectivity index is 2.60. The van der Waals surface area contributed by atoms with Gasteiger partial charge in [-0.25, -0.2) is 0 Å². The number of hydrogen-bond donors (Lipinski definition) is 0. The quantitative estimate of drug-likeness (QED) is 0.531. The molecule has 1 aromatic carbocycles. The molecular weight excluding hydrogens is 243 g/mol. The molecule has 1 nitrogen and oxygen atoms in total. The number of carbonyl (C=O) groups is 1. The van der Waals surface area contributed by atoms with Gasteiger partial charge in [0.25, 0.3) is 0 Å². The van der Waals surface area contributed by atoms with Crippen LogP contribution in [0.25, 0.3) is 0 Å². The number of unbranched alkanes of at least 4 members (excludes halogenated alkanes) is 2. The fraction of sp³-hybridized carbons (Fsp3) is 0.462. The summed E-state index contributed by atoms with van der Waals surface area (Å²) >= 11 is 12.1. The van der Waals surface area contributed by atoms with Crippen LogP contribution in [0.15, 0.2) is 24.3 Å². The van der Waals surface area contributed by atoms with Crippen molar-refractivity contribution in [1.82, 2.24) is 0 Å². The van der Waals surface area contributed by atoms with Crippen LogP contribution in [-0.2, 0) is 4.79 Å². The van der Waals surface area contributed by atoms with E-state index in [2.05, 4.69) is 6.92 Å². The van der Waals surface area contributed by atoms with Gasteiger partial charge in [0, 0.05) is 11.4 Å². The van der Waals surface area contributed by atoms with Crippen LogP contribution in [0.5, 0.6) is 0 Å². The molecule has 1 aromatic rings. The van der Waals surface area contributed by atoms with Gasteiger partial charge in [-0.2, -0.15) is 0 Å². The van der Waals surface area contributed by atoms with Crippen molar-refractivity contribution in [3.05, 3.63) is 34.9 Å². The highest BCUT2D eigenvalue weighted by Crippen LogP contribution is 2.29. The van der Waals surface area contributed by atoms with Gasteiger partial charge >= 0.3 is 0 Å². The molecule has 0 heterocycles. The third-order valence-corrected chi connectivity index (χ3v) is 3.31. The third-order valence-electron chi connectivity index (χ3n) is 2.49. The zero-order valence-corrected chi connectivity index (χ0v) is 10.9. The molecule has 0 aliphatic heterocycles. The first-order valence-corrected chi connectivity index (χ1v) is 6.39. The molecule has 0 saturated heterocycles. The fourth-order valence-corrected chi connectivity index (χ4v) is 2.13. The van der Waals surface area contributed by atoms with Crippen molar-refractivity contribution in [3.63, 3.8) is 0 Å². The molecule has 1 rings (SSSR count). The molecule has 3 heteroatoms. The summed E-state index contributed by atoms with van der Waals surface area (Å²) in [6, 6.07) is 7.23. The molecule has 0 aliphatic carbocycles. The number of carbonyl (C=O) groups excluding carboxylic acids is 1. The summed E-state index contributed by atoms with van der Waals surface area (Å²) in [4.78, 5) is 11.8. The molecule has 0 amide bonds. The molecule has 0 radical (unpaired) electrons. The van der Waals surface area contributed by atoms with E-state index in [0.717, 1.165) is 19.3 Å². The maximum Gasteiger partial charge on any atom is 0.155 e. The lowest BCUT2D eigenvalue weighted by Gasteiger charge is -2.10. The average molecular weight is 259 g/mol. The molecule has 0 aromatic heterocycles. The van der Waals surface area contributed by atoms with E-state index in [0.29, 0.717) is 17.0 Å². The van der Waals surface area contributed by atoms with Crippen molar-refractivity contribution in [1.29, 1.82) is 0 Å². The van der Waals surface area contributed by atoms with Gasteiger partial charge in [0.05, 0.1) is 0 Å². The number of ketones is 1. The van der Waals surface area contributed by atoms with Crippen molar-refractivity contribution in [2.24, 2.45) is 0 Å². The highest BCUT2D eigenvalue weighted by atomic mass is 35.5. The summed E-state index contributed by atoms with van der Waals surface area (Å²) in [6.07, 6.45) is 3.61. The molecule has 0 spiro atoms. The van der Waals surface area contributed by atoms with Gasteiger partial charge in [-0.1, -0.05) is 49.6 Å². The van der Waals surface area contributed by atoms with Gasteiger partial charge in [-0.05, 0) is 18.1 Å². The van der Waals surface area contributed by atoms with Gasteiger partial charge in [-0.3, -0.25) is 4.79 Å². The van der Waals surface area contributed by atoms with E-state index < -0.39 is 5.38 Å². The lowest BCUT2D eigenvalue weighted by Crippen LogP contribution is -2.07. The Labute approximate surface area is 107 Å². The summed E-state index contributed by atoms with van der Waals surface area (Å²) in [5, 5.41) is -0.0445. The zero-order valence-electron chi connectivity index (χ0n) is 9.38. The number of halogens is 2. The minimum atomic E-state index is -0.606. The Hall–Kier alpha value is -0.530. The van der Waals surface area contributed by atoms with E-state index in [1.807, 2.05) is 12.1 Å². The number of rotatable bonds is 6. The summed E-state index contributed by atoms with van der Waals surface area (Å²) < 4.78 is 0. The minimum absolute atomic E-state index is 0.0585. The van der Waals surface area contributed by atoms with E-state index in [-0.39, 0.29) is 5.78 Å². The Morgan fingerprint density at radius 1 is 1.31 bits per heavy atom. The molecule has 1 unspecified atom stereocenters. The molecule has 0 saturated carbocycles. The lowest BCUT2D eigenvalue weighted by molar-refractivity contribution is -0.118. The van der Waals surface area contributed by atoms with E-state index >= 15 is 0 Å². The van der Waals surface area contributed by atoms with Crippen LogP contribution in [0.4, 0.5) is 0 Å². The van der Waals surface area contributed by atoms with Crippen LogP contribution in [0, 0.1) is 0 Å². The van der Waals surface area contributed by atoms with Crippen molar-refractivity contribution in [2.75, 3.05) is 0 Å². The predicted molar refractivity (Wildman–Crippen MR) is 69.2 cm³/mol. The summed E-state index contributed by atoms with van der Waals surface area (Å²) in [5.74, 6) is 0.0585. The number of benzene rings is 1. The third kappa shape index (κ3) is 3.80. The van der Waals surface area contributed by atoms with Crippen LogP contribution in [0.3, 0.4) is 0 Å². The Bertz CT molecular complexity index is 350. The molecule has 0 fully saturated rings. The van der Waals surface area contributed by atoms with Gasteiger partial charge in [-0.15, -0.1) is 11.6 Å². The Morgan fingerprint density at radius 2 is 2.00 bits per heavy atom. The van der Waals surface area contributed by atoms with Gasteiger partial charge < -0.3 is 0 Å². The smallest absolute Gasteiger partial charge is 0.155 e. The molecule has 0 N–H and O–H groups in total. The van der Waals surface area contributed by atoms with Crippen LogP contribution in [0.2, 0.25) is 5.02 Å². The monoisotopic (exact) mass is 258 g/mol. The molecule has 88 valence electrons. The van der Waals surface area contributed by atoms with Gasteiger partial charge in [0.2, 0.25) is 0 Å². The van der Waals surface area contributed by atoms with Crippen molar-refractivity contribution < 1.29 is 4.79 Å². The molecule has 0 aliphatic rings. The first kappa shape index (κ1) is 13.5. The van der Waals surface area contributed by atoms with Crippen LogP contribution in [0.1, 0.15) is 43.5 Å². The molecule has 16 heavy (non-hydrogen) atoms. The lowest BCUT2D eigenvalue weighted by atomic mass is 10.0. The highest BCUT2D eigenvalue weighted by Gasteiger charge is 2.18. The van der Waals surface area contributed by atoms with Gasteiger partial charge in [0.15, 0.2) is 5.78 Å². The standard InChI is InChI=1S/C13H16Cl2O/c1-2-3-4-9-12(16)13(15)10-7-5-6-8-11(10)14/h5-8,13H,2-4,9H2,1H3. The first-order chi connectivity index (χ1) is 7.66. The van der Waals surface area contributed by atoms with E-state index in [9.17, 15) is 4.79 Å². The second-order valence-corrected chi connectivity index (χ2v) is 4.65. The SMILES string of the molecule is CCCCCC(=O)C(Cl)c1ccccc1Cl. The van der Waals surface area contributed by atoms with Crippen LogP contribution in [-0.4, -0.2) is 5.78 Å². The summed E-state index contributed by atoms with van der Waals surface area (Å²) in [6.45, 7) is 2.11. The van der Waals surface area contributed by atoms with Crippen molar-refractivity contribution in [3.8, 4) is 0 Å². The minimum Gasteiger partial charge on any atom is -0.298 e. The average Bonchev–Trinajstić information content (AvgIpc) is 2.29. The maximum absolute atomic E-state index is 11.8. The topological polar surface area (TPSA) is 17.1 Å². The van der Waals surface area contributed by atoms with E-state index in [1.54, 1.807) is 12.1 Å². The second kappa shape index (κ2) is 6.93. The number of Topliss-reactive ketones (excluding diaryl/α,β-unsaturated/α-hetero) is 1. The predicted octanol–water partition coefficient (Wildman–Crippen LogP) is 4.77. The fourth-order valence-electron chi connectivity index (χ4n) is 1.53. The first-order valence-electron chi connectivity index (χ1n) is 5.58. The zero-order chi connectivity index (χ0) is 12.0. The summed E-state index contributed by atoms with van der Waals surface area (Å²) in [7, 11) is 0. The Morgan fingerprint density at radius 3 is 2.62 bits per heavy atom. The summed E-state index contributed by atoms with van der Waals surface area (Å²) in [5.41, 5.74) is 0.715. The van der Waals surface area contributed by atoms with Crippen molar-refractivity contribution >= 4 is 29.0 Å². The second-order valence-electron chi connectivity index (χ2n) is 3.81. The normalized spacial score (nSPS) is 12.4. The van der Waals surface area contributed by atoms with Gasteiger partial charge in [0.1, 0.15) is 5.38 Å². The molecular formula is C13H16Cl2O. The maximum atomic E-state index is 11.8. The Kier molecular flexibility index (Phi) is 5.86. The van der Waals surface area contributed by atoms with E-state index in [4.69, 9.17) is 23.2 Å². The molecule has 1 atom stereocenters. The largest absolute Gasteiger partial charge is 0.298 e. The number of alkyl halides is 1. The van der Waals surface area contributed by atoms with E-state index in [1.165, 1.54) is 0 Å². The highest BCUT2D eigenvalue weighted by molar-refractivity contribution is 6.36. The van der Waals surface area contributed by atoms with Crippen LogP contribution < -0.4 is 0 Å². The number of hydrogen-bond acceptors (Lipinski definition) is 1.